The quantitative estimate of drug-likeness (QED) is 0.895. The molecule has 0 radical (unpaired) electrons. The van der Waals surface area contributed by atoms with Crippen LogP contribution < -0.4 is 5.32 Å². The van der Waals surface area contributed by atoms with E-state index in [0.717, 1.165) is 12.1 Å². The Morgan fingerprint density at radius 3 is 2.71 bits per heavy atom. The highest BCUT2D eigenvalue weighted by Crippen LogP contribution is 2.16. The molecule has 1 amide bonds. The van der Waals surface area contributed by atoms with Gasteiger partial charge in [0.15, 0.2) is 11.6 Å². The van der Waals surface area contributed by atoms with Crippen molar-refractivity contribution in [3.63, 3.8) is 0 Å². The Labute approximate surface area is 100 Å². The highest BCUT2D eigenvalue weighted by Gasteiger charge is 2.12. The molecule has 1 aromatic carbocycles. The van der Waals surface area contributed by atoms with Crippen LogP contribution in [0.25, 0.3) is 0 Å². The topological polar surface area (TPSA) is 42.0 Å². The van der Waals surface area contributed by atoms with Gasteiger partial charge in [-0.1, -0.05) is 0 Å². The molecule has 0 aliphatic rings. The number of hydrogen-bond donors (Lipinski definition) is 1. The van der Waals surface area contributed by atoms with Gasteiger partial charge in [0.05, 0.1) is 11.3 Å². The number of benzene rings is 1. The third-order valence-corrected chi connectivity index (χ3v) is 2.89. The lowest BCUT2D eigenvalue weighted by molar-refractivity contribution is 0.102. The molecular weight excluding hydrogens is 246 g/mol. The normalized spacial score (nSPS) is 10.3. The van der Waals surface area contributed by atoms with Gasteiger partial charge in [0, 0.05) is 17.1 Å². The SMILES string of the molecule is Cc1nscc1C(=O)Nc1ccc(F)c(F)c1. The highest BCUT2D eigenvalue weighted by atomic mass is 32.1. The van der Waals surface area contributed by atoms with E-state index in [1.54, 1.807) is 12.3 Å². The van der Waals surface area contributed by atoms with Crippen LogP contribution in [0.1, 0.15) is 16.1 Å². The maximum Gasteiger partial charge on any atom is 0.258 e. The maximum absolute atomic E-state index is 12.9. The van der Waals surface area contributed by atoms with Crippen LogP contribution in [0.5, 0.6) is 0 Å². The van der Waals surface area contributed by atoms with E-state index < -0.39 is 11.6 Å². The van der Waals surface area contributed by atoms with Gasteiger partial charge in [0.2, 0.25) is 0 Å². The first-order chi connectivity index (χ1) is 8.08. The number of halogens is 2. The first kappa shape index (κ1) is 11.7. The Balaban J connectivity index is 2.19. The summed E-state index contributed by atoms with van der Waals surface area (Å²) in [5.74, 6) is -2.33. The largest absolute Gasteiger partial charge is 0.322 e. The number of rotatable bonds is 2. The van der Waals surface area contributed by atoms with Crippen LogP contribution in [0, 0.1) is 18.6 Å². The first-order valence-electron chi connectivity index (χ1n) is 4.75. The van der Waals surface area contributed by atoms with E-state index in [2.05, 4.69) is 9.69 Å². The minimum atomic E-state index is -0.997. The van der Waals surface area contributed by atoms with Crippen molar-refractivity contribution in [1.82, 2.24) is 4.37 Å². The van der Waals surface area contributed by atoms with Gasteiger partial charge in [0.1, 0.15) is 0 Å². The van der Waals surface area contributed by atoms with E-state index in [4.69, 9.17) is 0 Å². The summed E-state index contributed by atoms with van der Waals surface area (Å²) in [5.41, 5.74) is 1.24. The molecule has 0 bridgehead atoms. The number of aryl methyl sites for hydroxylation is 1. The number of carbonyl (C=O) groups is 1. The second-order valence-corrected chi connectivity index (χ2v) is 4.03. The van der Waals surface area contributed by atoms with E-state index in [9.17, 15) is 13.6 Å². The molecule has 0 saturated heterocycles. The summed E-state index contributed by atoms with van der Waals surface area (Å²) in [7, 11) is 0. The third kappa shape index (κ3) is 2.47. The summed E-state index contributed by atoms with van der Waals surface area (Å²) in [6, 6.07) is 3.19. The Hall–Kier alpha value is -1.82. The molecule has 3 nitrogen and oxygen atoms in total. The summed E-state index contributed by atoms with van der Waals surface area (Å²) >= 11 is 1.17. The van der Waals surface area contributed by atoms with Gasteiger partial charge >= 0.3 is 0 Å². The Bertz CT molecular complexity index is 568. The molecule has 2 rings (SSSR count). The molecule has 1 N–H and O–H groups in total. The summed E-state index contributed by atoms with van der Waals surface area (Å²) in [4.78, 5) is 11.7. The van der Waals surface area contributed by atoms with Crippen molar-refractivity contribution in [3.05, 3.63) is 46.5 Å². The van der Waals surface area contributed by atoms with E-state index in [-0.39, 0.29) is 11.6 Å². The van der Waals surface area contributed by atoms with E-state index in [1.165, 1.54) is 17.6 Å². The molecule has 2 aromatic rings. The minimum Gasteiger partial charge on any atom is -0.322 e. The van der Waals surface area contributed by atoms with Crippen LogP contribution in [0.4, 0.5) is 14.5 Å². The Morgan fingerprint density at radius 1 is 1.35 bits per heavy atom. The van der Waals surface area contributed by atoms with Crippen LogP contribution in [0.3, 0.4) is 0 Å². The molecule has 1 heterocycles. The molecule has 0 spiro atoms. The molecule has 6 heteroatoms. The van der Waals surface area contributed by atoms with Gasteiger partial charge in [0.25, 0.3) is 5.91 Å². The lowest BCUT2D eigenvalue weighted by Crippen LogP contribution is -2.12. The third-order valence-electron chi connectivity index (χ3n) is 2.17. The first-order valence-corrected chi connectivity index (χ1v) is 5.59. The lowest BCUT2D eigenvalue weighted by atomic mass is 10.2. The van der Waals surface area contributed by atoms with Crippen molar-refractivity contribution >= 4 is 23.1 Å². The van der Waals surface area contributed by atoms with Crippen molar-refractivity contribution in [2.75, 3.05) is 5.32 Å². The van der Waals surface area contributed by atoms with Crippen molar-refractivity contribution in [2.45, 2.75) is 6.92 Å². The van der Waals surface area contributed by atoms with Crippen molar-refractivity contribution in [1.29, 1.82) is 0 Å². The standard InChI is InChI=1S/C11H8F2N2OS/c1-6-8(5-17-15-6)11(16)14-7-2-3-9(12)10(13)4-7/h2-5H,1H3,(H,14,16). The molecule has 0 atom stereocenters. The zero-order valence-electron chi connectivity index (χ0n) is 8.83. The summed E-state index contributed by atoms with van der Waals surface area (Å²) in [6.07, 6.45) is 0. The monoisotopic (exact) mass is 254 g/mol. The van der Waals surface area contributed by atoms with Crippen LogP contribution >= 0.6 is 11.5 Å². The maximum atomic E-state index is 12.9. The molecule has 0 unspecified atom stereocenters. The van der Waals surface area contributed by atoms with Gasteiger partial charge in [-0.05, 0) is 30.6 Å². The number of hydrogen-bond acceptors (Lipinski definition) is 3. The van der Waals surface area contributed by atoms with Crippen LogP contribution in [0.15, 0.2) is 23.6 Å². The van der Waals surface area contributed by atoms with Crippen LogP contribution in [-0.4, -0.2) is 10.3 Å². The molecule has 0 fully saturated rings. The Kier molecular flexibility index (Phi) is 3.14. The van der Waals surface area contributed by atoms with Crippen molar-refractivity contribution < 1.29 is 13.6 Å². The molecule has 0 aliphatic heterocycles. The van der Waals surface area contributed by atoms with Crippen molar-refractivity contribution in [3.8, 4) is 0 Å². The molecule has 1 aromatic heterocycles. The van der Waals surface area contributed by atoms with Crippen molar-refractivity contribution in [2.24, 2.45) is 0 Å². The smallest absolute Gasteiger partial charge is 0.258 e. The van der Waals surface area contributed by atoms with Gasteiger partial charge in [-0.2, -0.15) is 4.37 Å². The van der Waals surface area contributed by atoms with Gasteiger partial charge in [-0.3, -0.25) is 4.79 Å². The lowest BCUT2D eigenvalue weighted by Gasteiger charge is -2.04. The molecule has 17 heavy (non-hydrogen) atoms. The second kappa shape index (κ2) is 4.58. The minimum absolute atomic E-state index is 0.208. The van der Waals surface area contributed by atoms with Gasteiger partial charge in [-0.15, -0.1) is 0 Å². The number of aromatic nitrogens is 1. The molecule has 88 valence electrons. The predicted molar refractivity (Wildman–Crippen MR) is 61.2 cm³/mol. The summed E-state index contributed by atoms with van der Waals surface area (Å²) in [6.45, 7) is 1.71. The highest BCUT2D eigenvalue weighted by molar-refractivity contribution is 7.04. The number of nitrogens with one attached hydrogen (secondary N) is 1. The van der Waals surface area contributed by atoms with E-state index >= 15 is 0 Å². The molecular formula is C11H8F2N2OS. The fourth-order valence-corrected chi connectivity index (χ4v) is 1.97. The average molecular weight is 254 g/mol. The van der Waals surface area contributed by atoms with E-state index in [1.807, 2.05) is 0 Å². The van der Waals surface area contributed by atoms with Gasteiger partial charge < -0.3 is 5.32 Å². The molecule has 0 aliphatic carbocycles. The number of amides is 1. The van der Waals surface area contributed by atoms with E-state index in [0.29, 0.717) is 11.3 Å². The van der Waals surface area contributed by atoms with Crippen LogP contribution in [-0.2, 0) is 0 Å². The number of carbonyl (C=O) groups excluding carboxylic acids is 1. The number of anilines is 1. The predicted octanol–water partition coefficient (Wildman–Crippen LogP) is 2.98. The summed E-state index contributed by atoms with van der Waals surface area (Å²) in [5, 5.41) is 4.08. The molecule has 0 saturated carbocycles. The second-order valence-electron chi connectivity index (χ2n) is 3.40. The number of nitrogens with zero attached hydrogens (tertiary/aromatic N) is 1. The average Bonchev–Trinajstić information content (AvgIpc) is 2.70. The Morgan fingerprint density at radius 2 is 2.12 bits per heavy atom. The zero-order chi connectivity index (χ0) is 12.4. The van der Waals surface area contributed by atoms with Gasteiger partial charge in [-0.25, -0.2) is 8.78 Å². The zero-order valence-corrected chi connectivity index (χ0v) is 9.65. The van der Waals surface area contributed by atoms with Crippen LogP contribution in [0.2, 0.25) is 0 Å². The summed E-state index contributed by atoms with van der Waals surface area (Å²) < 4.78 is 29.6. The fraction of sp³-hybridized carbons (Fsp3) is 0.0909. The fourth-order valence-electron chi connectivity index (χ4n) is 1.28.